The number of thiazole rings is 1. The van der Waals surface area contributed by atoms with Crippen molar-refractivity contribution >= 4 is 11.3 Å². The van der Waals surface area contributed by atoms with Crippen LogP contribution in [0.1, 0.15) is 5.01 Å². The molecule has 17 heavy (non-hydrogen) atoms. The van der Waals surface area contributed by atoms with E-state index in [-0.39, 0.29) is 0 Å². The lowest BCUT2D eigenvalue weighted by Crippen LogP contribution is -2.04. The number of nitrogens with one attached hydrogen (secondary N) is 1. The van der Waals surface area contributed by atoms with Crippen LogP contribution in [0.15, 0.2) is 35.7 Å². The van der Waals surface area contributed by atoms with E-state index < -0.39 is 0 Å². The molecule has 0 amide bonds. The molecule has 0 aliphatic carbocycles. The van der Waals surface area contributed by atoms with E-state index in [2.05, 4.69) is 39.7 Å². The molecule has 2 aromatic rings. The minimum atomic E-state index is 0.733. The average molecular weight is 242 g/mol. The summed E-state index contributed by atoms with van der Waals surface area (Å²) in [7, 11) is 1.89. The smallest absolute Gasteiger partial charge is 0.105 e. The number of aromatic nitrogens is 1. The SMILES string of the molecule is CNCC#CCc1nc(-c2ccccc2)cs1. The molecule has 2 rings (SSSR count). The van der Waals surface area contributed by atoms with E-state index in [4.69, 9.17) is 0 Å². The Bertz CT molecular complexity index is 520. The first-order valence-electron chi connectivity index (χ1n) is 5.50. The molecule has 0 atom stereocenters. The number of hydrogen-bond acceptors (Lipinski definition) is 3. The van der Waals surface area contributed by atoms with Crippen LogP contribution in [0.2, 0.25) is 0 Å². The van der Waals surface area contributed by atoms with E-state index >= 15 is 0 Å². The molecule has 3 heteroatoms. The van der Waals surface area contributed by atoms with Gasteiger partial charge < -0.3 is 5.32 Å². The van der Waals surface area contributed by atoms with E-state index in [1.54, 1.807) is 11.3 Å². The van der Waals surface area contributed by atoms with E-state index in [1.807, 2.05) is 25.2 Å². The Balaban J connectivity index is 2.05. The first-order chi connectivity index (χ1) is 8.40. The molecule has 0 fully saturated rings. The van der Waals surface area contributed by atoms with Gasteiger partial charge in [0.15, 0.2) is 0 Å². The van der Waals surface area contributed by atoms with Crippen LogP contribution in [-0.2, 0) is 6.42 Å². The van der Waals surface area contributed by atoms with Crippen molar-refractivity contribution in [1.29, 1.82) is 0 Å². The van der Waals surface area contributed by atoms with Crippen LogP contribution in [0, 0.1) is 11.8 Å². The topological polar surface area (TPSA) is 24.9 Å². The monoisotopic (exact) mass is 242 g/mol. The second kappa shape index (κ2) is 6.19. The fourth-order valence-electron chi connectivity index (χ4n) is 1.42. The van der Waals surface area contributed by atoms with E-state index in [0.29, 0.717) is 0 Å². The summed E-state index contributed by atoms with van der Waals surface area (Å²) < 4.78 is 0. The maximum atomic E-state index is 4.57. The van der Waals surface area contributed by atoms with Crippen LogP contribution >= 0.6 is 11.3 Å². The molecule has 0 spiro atoms. The molecule has 0 aliphatic rings. The quantitative estimate of drug-likeness (QED) is 0.837. The van der Waals surface area contributed by atoms with Crippen molar-refractivity contribution in [2.45, 2.75) is 6.42 Å². The summed E-state index contributed by atoms with van der Waals surface area (Å²) in [5.74, 6) is 6.14. The fraction of sp³-hybridized carbons (Fsp3) is 0.214. The summed E-state index contributed by atoms with van der Waals surface area (Å²) in [5, 5.41) is 6.16. The lowest BCUT2D eigenvalue weighted by atomic mass is 10.2. The Morgan fingerprint density at radius 1 is 1.24 bits per heavy atom. The van der Waals surface area contributed by atoms with Gasteiger partial charge in [-0.25, -0.2) is 4.98 Å². The lowest BCUT2D eigenvalue weighted by Gasteiger charge is -1.93. The molecule has 1 aromatic heterocycles. The third-order valence-electron chi connectivity index (χ3n) is 2.25. The van der Waals surface area contributed by atoms with Crippen LogP contribution in [0.3, 0.4) is 0 Å². The maximum Gasteiger partial charge on any atom is 0.105 e. The van der Waals surface area contributed by atoms with Crippen LogP contribution < -0.4 is 5.32 Å². The third kappa shape index (κ3) is 3.42. The molecular formula is C14H14N2S. The molecule has 0 unspecified atom stereocenters. The standard InChI is InChI=1S/C14H14N2S/c1-15-10-6-5-9-14-16-13(11-17-14)12-7-3-2-4-8-12/h2-4,7-8,11,15H,9-10H2,1H3. The van der Waals surface area contributed by atoms with Gasteiger partial charge >= 0.3 is 0 Å². The van der Waals surface area contributed by atoms with Crippen LogP contribution in [-0.4, -0.2) is 18.6 Å². The Morgan fingerprint density at radius 3 is 2.82 bits per heavy atom. The second-order valence-corrected chi connectivity index (χ2v) is 4.50. The number of nitrogens with zero attached hydrogens (tertiary/aromatic N) is 1. The van der Waals surface area contributed by atoms with Gasteiger partial charge in [0.05, 0.1) is 18.7 Å². The molecule has 1 N–H and O–H groups in total. The normalized spacial score (nSPS) is 9.71. The summed E-state index contributed by atoms with van der Waals surface area (Å²) in [4.78, 5) is 4.57. The van der Waals surface area contributed by atoms with Gasteiger partial charge in [-0.15, -0.1) is 11.3 Å². The van der Waals surface area contributed by atoms with Crippen molar-refractivity contribution in [2.75, 3.05) is 13.6 Å². The van der Waals surface area contributed by atoms with Crippen molar-refractivity contribution < 1.29 is 0 Å². The molecule has 0 radical (unpaired) electrons. The fourth-order valence-corrected chi connectivity index (χ4v) is 2.17. The Kier molecular flexibility index (Phi) is 4.31. The highest BCUT2D eigenvalue weighted by Gasteiger charge is 2.02. The van der Waals surface area contributed by atoms with Gasteiger partial charge in [0.25, 0.3) is 0 Å². The Labute approximate surface area is 106 Å². The Hall–Kier alpha value is -1.63. The van der Waals surface area contributed by atoms with Gasteiger partial charge in [-0.3, -0.25) is 0 Å². The number of benzene rings is 1. The van der Waals surface area contributed by atoms with E-state index in [0.717, 1.165) is 29.2 Å². The predicted octanol–water partition coefficient (Wildman–Crippen LogP) is 2.58. The van der Waals surface area contributed by atoms with Crippen molar-refractivity contribution in [3.63, 3.8) is 0 Å². The van der Waals surface area contributed by atoms with Gasteiger partial charge in [-0.2, -0.15) is 0 Å². The summed E-state index contributed by atoms with van der Waals surface area (Å²) in [5.41, 5.74) is 2.21. The predicted molar refractivity (Wildman–Crippen MR) is 73.0 cm³/mol. The van der Waals surface area contributed by atoms with Crippen molar-refractivity contribution in [2.24, 2.45) is 0 Å². The Morgan fingerprint density at radius 2 is 2.06 bits per heavy atom. The molecule has 0 saturated heterocycles. The van der Waals surface area contributed by atoms with Crippen molar-refractivity contribution in [3.05, 3.63) is 40.7 Å². The molecule has 0 bridgehead atoms. The minimum Gasteiger partial charge on any atom is -0.309 e. The first kappa shape index (κ1) is 11.8. The highest BCUT2D eigenvalue weighted by Crippen LogP contribution is 2.21. The van der Waals surface area contributed by atoms with Crippen molar-refractivity contribution in [1.82, 2.24) is 10.3 Å². The van der Waals surface area contributed by atoms with Crippen LogP contribution in [0.4, 0.5) is 0 Å². The molecule has 1 aromatic carbocycles. The van der Waals surface area contributed by atoms with Crippen LogP contribution in [0.25, 0.3) is 11.3 Å². The van der Waals surface area contributed by atoms with Gasteiger partial charge in [-0.05, 0) is 7.05 Å². The summed E-state index contributed by atoms with van der Waals surface area (Å²) in [6.07, 6.45) is 0.735. The van der Waals surface area contributed by atoms with Gasteiger partial charge in [0.1, 0.15) is 5.01 Å². The molecule has 86 valence electrons. The highest BCUT2D eigenvalue weighted by atomic mass is 32.1. The van der Waals surface area contributed by atoms with Gasteiger partial charge in [0.2, 0.25) is 0 Å². The molecule has 2 nitrogen and oxygen atoms in total. The molecule has 0 aliphatic heterocycles. The van der Waals surface area contributed by atoms with E-state index in [1.165, 1.54) is 0 Å². The second-order valence-electron chi connectivity index (χ2n) is 3.55. The van der Waals surface area contributed by atoms with Gasteiger partial charge in [0, 0.05) is 10.9 Å². The van der Waals surface area contributed by atoms with Crippen molar-refractivity contribution in [3.8, 4) is 23.1 Å². The molecule has 1 heterocycles. The highest BCUT2D eigenvalue weighted by molar-refractivity contribution is 7.10. The maximum absolute atomic E-state index is 4.57. The molecule has 0 saturated carbocycles. The minimum absolute atomic E-state index is 0.733. The van der Waals surface area contributed by atoms with Gasteiger partial charge in [-0.1, -0.05) is 42.2 Å². The zero-order valence-electron chi connectivity index (χ0n) is 9.73. The number of hydrogen-bond donors (Lipinski definition) is 1. The zero-order valence-corrected chi connectivity index (χ0v) is 10.6. The summed E-state index contributed by atoms with van der Waals surface area (Å²) in [6, 6.07) is 10.2. The van der Waals surface area contributed by atoms with E-state index in [9.17, 15) is 0 Å². The average Bonchev–Trinajstić information content (AvgIpc) is 2.85. The summed E-state index contributed by atoms with van der Waals surface area (Å²) >= 11 is 1.67. The molecular weight excluding hydrogens is 228 g/mol. The summed E-state index contributed by atoms with van der Waals surface area (Å²) in [6.45, 7) is 0.733. The lowest BCUT2D eigenvalue weighted by molar-refractivity contribution is 0.937. The number of rotatable bonds is 3. The first-order valence-corrected chi connectivity index (χ1v) is 6.38. The van der Waals surface area contributed by atoms with Crippen LogP contribution in [0.5, 0.6) is 0 Å². The zero-order chi connectivity index (χ0) is 11.9. The largest absolute Gasteiger partial charge is 0.309 e. The third-order valence-corrected chi connectivity index (χ3v) is 3.10.